The molecular weight excluding hydrogens is 381 g/mol. The van der Waals surface area contributed by atoms with Gasteiger partial charge in [0.05, 0.1) is 21.3 Å². The molecule has 1 aliphatic rings. The molecule has 0 N–H and O–H groups in total. The second-order valence-electron chi connectivity index (χ2n) is 6.35. The largest absolute Gasteiger partial charge is 0.357 e. The van der Waals surface area contributed by atoms with Crippen LogP contribution in [0.3, 0.4) is 0 Å². The van der Waals surface area contributed by atoms with Gasteiger partial charge in [-0.25, -0.2) is 4.98 Å². The van der Waals surface area contributed by atoms with Crippen molar-refractivity contribution >= 4 is 46.4 Å². The molecule has 1 fully saturated rings. The lowest BCUT2D eigenvalue weighted by molar-refractivity contribution is 0.436. The molecule has 0 bridgehead atoms. The van der Waals surface area contributed by atoms with Gasteiger partial charge in [0.1, 0.15) is 11.0 Å². The maximum atomic E-state index is 6.54. The lowest BCUT2D eigenvalue weighted by atomic mass is 9.99. The Kier molecular flexibility index (Phi) is 4.48. The topological polar surface area (TPSA) is 46.3 Å². The number of imidazole rings is 1. The number of pyridine rings is 1. The smallest absolute Gasteiger partial charge is 0.236 e. The molecule has 1 saturated heterocycles. The van der Waals surface area contributed by atoms with Gasteiger partial charge in [-0.05, 0) is 24.8 Å². The normalized spacial score (nSPS) is 15.9. The Morgan fingerprint density at radius 2 is 1.88 bits per heavy atom. The van der Waals surface area contributed by atoms with Crippen LogP contribution in [0, 0.1) is 5.92 Å². The number of piperidine rings is 1. The van der Waals surface area contributed by atoms with Gasteiger partial charge in [0.25, 0.3) is 0 Å². The predicted molar refractivity (Wildman–Crippen MR) is 102 cm³/mol. The van der Waals surface area contributed by atoms with E-state index in [0.717, 1.165) is 31.7 Å². The molecule has 3 aromatic heterocycles. The van der Waals surface area contributed by atoms with E-state index in [9.17, 15) is 0 Å². The molecule has 8 heteroatoms. The van der Waals surface area contributed by atoms with Crippen molar-refractivity contribution in [1.29, 1.82) is 0 Å². The molecule has 0 aromatic carbocycles. The van der Waals surface area contributed by atoms with E-state index in [1.807, 2.05) is 10.6 Å². The van der Waals surface area contributed by atoms with Crippen molar-refractivity contribution < 1.29 is 0 Å². The standard InChI is InChI=1S/C17H16Cl3N5/c1-10-2-5-24(6-3-10)16-13(14-12(19)8-11(18)9-22-14)15(20)23-17-21-4-7-25(16)17/h4,7-10H,2-3,5-6H2,1H3. The summed E-state index contributed by atoms with van der Waals surface area (Å²) in [5.41, 5.74) is 1.29. The third kappa shape index (κ3) is 3.05. The first-order chi connectivity index (χ1) is 12.0. The SMILES string of the molecule is CC1CCN(c2c(-c3ncc(Cl)cc3Cl)c(Cl)nc3nccn23)CC1. The number of hydrogen-bond donors (Lipinski definition) is 0. The zero-order valence-corrected chi connectivity index (χ0v) is 15.9. The van der Waals surface area contributed by atoms with Gasteiger partial charge in [-0.2, -0.15) is 4.98 Å². The minimum atomic E-state index is 0.337. The number of nitrogens with zero attached hydrogens (tertiary/aromatic N) is 5. The van der Waals surface area contributed by atoms with Crippen molar-refractivity contribution in [3.05, 3.63) is 39.9 Å². The third-order valence-electron chi connectivity index (χ3n) is 4.61. The maximum Gasteiger partial charge on any atom is 0.236 e. The van der Waals surface area contributed by atoms with Crippen molar-refractivity contribution in [2.24, 2.45) is 5.92 Å². The summed E-state index contributed by atoms with van der Waals surface area (Å²) in [6.45, 7) is 4.15. The van der Waals surface area contributed by atoms with Crippen LogP contribution in [0.15, 0.2) is 24.7 Å². The van der Waals surface area contributed by atoms with Crippen LogP contribution < -0.4 is 4.90 Å². The van der Waals surface area contributed by atoms with Crippen LogP contribution >= 0.6 is 34.8 Å². The maximum absolute atomic E-state index is 6.54. The van der Waals surface area contributed by atoms with E-state index >= 15 is 0 Å². The van der Waals surface area contributed by atoms with Gasteiger partial charge >= 0.3 is 0 Å². The zero-order valence-electron chi connectivity index (χ0n) is 13.6. The van der Waals surface area contributed by atoms with Crippen molar-refractivity contribution in [1.82, 2.24) is 19.4 Å². The molecule has 0 spiro atoms. The van der Waals surface area contributed by atoms with Crippen LogP contribution in [0.5, 0.6) is 0 Å². The Morgan fingerprint density at radius 3 is 2.60 bits per heavy atom. The molecule has 0 amide bonds. The molecule has 0 unspecified atom stereocenters. The number of anilines is 1. The van der Waals surface area contributed by atoms with E-state index < -0.39 is 0 Å². The van der Waals surface area contributed by atoms with Crippen LogP contribution in [-0.4, -0.2) is 32.4 Å². The fourth-order valence-corrected chi connectivity index (χ4v) is 3.96. The molecule has 0 aliphatic carbocycles. The van der Waals surface area contributed by atoms with E-state index in [2.05, 4.69) is 26.8 Å². The molecule has 0 saturated carbocycles. The highest BCUT2D eigenvalue weighted by atomic mass is 35.5. The molecule has 3 aromatic rings. The van der Waals surface area contributed by atoms with Gasteiger partial charge in [-0.3, -0.25) is 9.38 Å². The lowest BCUT2D eigenvalue weighted by Gasteiger charge is -2.33. The summed E-state index contributed by atoms with van der Waals surface area (Å²) < 4.78 is 1.95. The fraction of sp³-hybridized carbons (Fsp3) is 0.353. The molecule has 25 heavy (non-hydrogen) atoms. The monoisotopic (exact) mass is 395 g/mol. The Bertz CT molecular complexity index is 931. The van der Waals surface area contributed by atoms with Crippen molar-refractivity contribution in [3.8, 4) is 11.3 Å². The Hall–Kier alpha value is -1.56. The molecule has 1 aliphatic heterocycles. The van der Waals surface area contributed by atoms with E-state index in [1.54, 1.807) is 18.5 Å². The quantitative estimate of drug-likeness (QED) is 0.573. The molecule has 4 rings (SSSR count). The summed E-state index contributed by atoms with van der Waals surface area (Å²) in [6, 6.07) is 1.67. The lowest BCUT2D eigenvalue weighted by Crippen LogP contribution is -2.34. The first kappa shape index (κ1) is 16.9. The number of hydrogen-bond acceptors (Lipinski definition) is 4. The Labute approximate surface area is 160 Å². The van der Waals surface area contributed by atoms with Crippen LogP contribution in [0.1, 0.15) is 19.8 Å². The molecular formula is C17H16Cl3N5. The molecule has 5 nitrogen and oxygen atoms in total. The summed E-state index contributed by atoms with van der Waals surface area (Å²) >= 11 is 19.0. The van der Waals surface area contributed by atoms with E-state index in [4.69, 9.17) is 34.8 Å². The zero-order chi connectivity index (χ0) is 17.6. The average Bonchev–Trinajstić information content (AvgIpc) is 3.03. The average molecular weight is 397 g/mol. The van der Waals surface area contributed by atoms with Gasteiger partial charge in [-0.1, -0.05) is 41.7 Å². The van der Waals surface area contributed by atoms with Gasteiger partial charge < -0.3 is 4.90 Å². The fourth-order valence-electron chi connectivity index (χ4n) is 3.23. The van der Waals surface area contributed by atoms with Gasteiger partial charge in [-0.15, -0.1) is 0 Å². The summed E-state index contributed by atoms with van der Waals surface area (Å²) in [5.74, 6) is 2.20. The van der Waals surface area contributed by atoms with E-state index in [0.29, 0.717) is 38.2 Å². The molecule has 0 radical (unpaired) electrons. The van der Waals surface area contributed by atoms with Crippen molar-refractivity contribution in [2.75, 3.05) is 18.0 Å². The van der Waals surface area contributed by atoms with Gasteiger partial charge in [0.15, 0.2) is 0 Å². The highest BCUT2D eigenvalue weighted by molar-refractivity contribution is 6.37. The van der Waals surface area contributed by atoms with E-state index in [1.165, 1.54) is 0 Å². The first-order valence-corrected chi connectivity index (χ1v) is 9.27. The number of rotatable bonds is 2. The number of aromatic nitrogens is 4. The summed E-state index contributed by atoms with van der Waals surface area (Å²) in [6.07, 6.45) is 7.42. The van der Waals surface area contributed by atoms with Crippen molar-refractivity contribution in [2.45, 2.75) is 19.8 Å². The third-order valence-corrected chi connectivity index (χ3v) is 5.37. The molecule has 4 heterocycles. The second-order valence-corrected chi connectivity index (χ2v) is 7.55. The van der Waals surface area contributed by atoms with Crippen LogP contribution in [0.4, 0.5) is 5.82 Å². The minimum absolute atomic E-state index is 0.337. The highest BCUT2D eigenvalue weighted by Gasteiger charge is 2.26. The number of halogens is 3. The Morgan fingerprint density at radius 1 is 1.12 bits per heavy atom. The minimum Gasteiger partial charge on any atom is -0.357 e. The highest BCUT2D eigenvalue weighted by Crippen LogP contribution is 2.40. The van der Waals surface area contributed by atoms with Gasteiger partial charge in [0, 0.05) is 31.7 Å². The Balaban J connectivity index is 1.96. The van der Waals surface area contributed by atoms with Gasteiger partial charge in [0.2, 0.25) is 5.78 Å². The summed E-state index contributed by atoms with van der Waals surface area (Å²) in [7, 11) is 0. The van der Waals surface area contributed by atoms with Crippen LogP contribution in [-0.2, 0) is 0 Å². The summed E-state index contributed by atoms with van der Waals surface area (Å²) in [4.78, 5) is 15.4. The molecule has 0 atom stereocenters. The summed E-state index contributed by atoms with van der Waals surface area (Å²) in [5, 5.41) is 1.27. The number of fused-ring (bicyclic) bond motifs is 1. The molecule has 130 valence electrons. The van der Waals surface area contributed by atoms with Crippen molar-refractivity contribution in [3.63, 3.8) is 0 Å². The van der Waals surface area contributed by atoms with Crippen LogP contribution in [0.2, 0.25) is 15.2 Å². The first-order valence-electron chi connectivity index (χ1n) is 8.13. The van der Waals surface area contributed by atoms with E-state index in [-0.39, 0.29) is 0 Å². The second kappa shape index (κ2) is 6.63. The predicted octanol–water partition coefficient (Wildman–Crippen LogP) is 4.99. The van der Waals surface area contributed by atoms with Crippen LogP contribution in [0.25, 0.3) is 17.0 Å².